The number of amides is 1. The van der Waals surface area contributed by atoms with Gasteiger partial charge in [0.1, 0.15) is 5.75 Å². The molecule has 7 nitrogen and oxygen atoms in total. The number of hydrogen-bond acceptors (Lipinski definition) is 6. The highest BCUT2D eigenvalue weighted by molar-refractivity contribution is 7.89. The number of ether oxygens (including phenoxy) is 2. The minimum absolute atomic E-state index is 0.110. The van der Waals surface area contributed by atoms with Gasteiger partial charge in [0.25, 0.3) is 5.91 Å². The van der Waals surface area contributed by atoms with Gasteiger partial charge in [0, 0.05) is 22.8 Å². The Bertz CT molecular complexity index is 947. The van der Waals surface area contributed by atoms with E-state index in [2.05, 4.69) is 5.32 Å². The van der Waals surface area contributed by atoms with Crippen molar-refractivity contribution < 1.29 is 22.7 Å². The van der Waals surface area contributed by atoms with Crippen LogP contribution in [0.5, 0.6) is 5.75 Å². The minimum Gasteiger partial charge on any atom is -0.495 e. The molecule has 0 radical (unpaired) electrons. The number of carbonyl (C=O) groups is 1. The molecular formula is C18H22N2O5S2. The molecule has 0 aliphatic carbocycles. The third-order valence-corrected chi connectivity index (χ3v) is 7.17. The van der Waals surface area contributed by atoms with Crippen molar-refractivity contribution in [3.63, 3.8) is 0 Å². The SMILES string of the molecule is COc1ccc(S(=O)(=O)N2CCOCC2)cc1NC(=O)c1cc(C)sc1C. The van der Waals surface area contributed by atoms with Crippen LogP contribution in [0.2, 0.25) is 0 Å². The van der Waals surface area contributed by atoms with Crippen molar-refractivity contribution in [3.05, 3.63) is 39.6 Å². The Hall–Kier alpha value is -1.94. The summed E-state index contributed by atoms with van der Waals surface area (Å²) in [4.78, 5) is 14.7. The van der Waals surface area contributed by atoms with Gasteiger partial charge in [0.2, 0.25) is 10.0 Å². The molecule has 0 saturated carbocycles. The molecule has 1 aliphatic heterocycles. The molecule has 0 unspecified atom stereocenters. The second-order valence-electron chi connectivity index (χ2n) is 6.16. The number of carbonyl (C=O) groups excluding carboxylic acids is 1. The van der Waals surface area contributed by atoms with E-state index in [9.17, 15) is 13.2 Å². The summed E-state index contributed by atoms with van der Waals surface area (Å²) in [5, 5.41) is 2.78. The van der Waals surface area contributed by atoms with E-state index in [1.165, 1.54) is 34.9 Å². The lowest BCUT2D eigenvalue weighted by Crippen LogP contribution is -2.40. The van der Waals surface area contributed by atoms with Crippen LogP contribution in [0.25, 0.3) is 0 Å². The van der Waals surface area contributed by atoms with E-state index in [0.717, 1.165) is 9.75 Å². The van der Waals surface area contributed by atoms with E-state index in [0.29, 0.717) is 43.3 Å². The van der Waals surface area contributed by atoms with Gasteiger partial charge in [-0.25, -0.2) is 8.42 Å². The highest BCUT2D eigenvalue weighted by Gasteiger charge is 2.27. The highest BCUT2D eigenvalue weighted by atomic mass is 32.2. The van der Waals surface area contributed by atoms with Crippen molar-refractivity contribution in [1.82, 2.24) is 4.31 Å². The molecule has 1 amide bonds. The molecule has 1 fully saturated rings. The van der Waals surface area contributed by atoms with Crippen LogP contribution in [0.1, 0.15) is 20.1 Å². The van der Waals surface area contributed by atoms with E-state index >= 15 is 0 Å². The summed E-state index contributed by atoms with van der Waals surface area (Å²) in [5.41, 5.74) is 0.890. The van der Waals surface area contributed by atoms with Gasteiger partial charge < -0.3 is 14.8 Å². The molecule has 2 heterocycles. The summed E-state index contributed by atoms with van der Waals surface area (Å²) in [6, 6.07) is 6.29. The predicted molar refractivity (Wildman–Crippen MR) is 104 cm³/mol. The van der Waals surface area contributed by atoms with Crippen molar-refractivity contribution in [3.8, 4) is 5.75 Å². The third kappa shape index (κ3) is 4.16. The van der Waals surface area contributed by atoms with Crippen LogP contribution < -0.4 is 10.1 Å². The lowest BCUT2D eigenvalue weighted by molar-refractivity contribution is 0.0730. The first-order valence-corrected chi connectivity index (χ1v) is 10.7. The summed E-state index contributed by atoms with van der Waals surface area (Å²) in [5.74, 6) is 0.102. The van der Waals surface area contributed by atoms with E-state index in [1.54, 1.807) is 6.07 Å². The molecule has 9 heteroatoms. The average molecular weight is 411 g/mol. The Morgan fingerprint density at radius 3 is 2.52 bits per heavy atom. The Kier molecular flexibility index (Phi) is 5.85. The van der Waals surface area contributed by atoms with Gasteiger partial charge in [0.15, 0.2) is 0 Å². The first kappa shape index (κ1) is 19.8. The highest BCUT2D eigenvalue weighted by Crippen LogP contribution is 2.30. The summed E-state index contributed by atoms with van der Waals surface area (Å²) in [6.07, 6.45) is 0. The number of nitrogens with zero attached hydrogens (tertiary/aromatic N) is 1. The molecule has 27 heavy (non-hydrogen) atoms. The minimum atomic E-state index is -3.67. The van der Waals surface area contributed by atoms with E-state index in [1.807, 2.05) is 19.9 Å². The smallest absolute Gasteiger partial charge is 0.256 e. The van der Waals surface area contributed by atoms with Crippen LogP contribution >= 0.6 is 11.3 Å². The normalized spacial score (nSPS) is 15.5. The van der Waals surface area contributed by atoms with Crippen molar-refractivity contribution in [2.45, 2.75) is 18.7 Å². The molecule has 0 spiro atoms. The van der Waals surface area contributed by atoms with E-state index in [-0.39, 0.29) is 10.8 Å². The molecule has 1 aromatic carbocycles. The van der Waals surface area contributed by atoms with Gasteiger partial charge in [-0.15, -0.1) is 11.3 Å². The van der Waals surface area contributed by atoms with Crippen LogP contribution in [-0.4, -0.2) is 52.0 Å². The Labute approximate surface area is 163 Å². The molecule has 0 bridgehead atoms. The lowest BCUT2D eigenvalue weighted by atomic mass is 10.2. The lowest BCUT2D eigenvalue weighted by Gasteiger charge is -2.26. The zero-order valence-corrected chi connectivity index (χ0v) is 17.1. The van der Waals surface area contributed by atoms with Gasteiger partial charge >= 0.3 is 0 Å². The molecular weight excluding hydrogens is 388 g/mol. The molecule has 1 saturated heterocycles. The van der Waals surface area contributed by atoms with Crippen LogP contribution in [0.3, 0.4) is 0 Å². The molecule has 1 N–H and O–H groups in total. The number of nitrogens with one attached hydrogen (secondary N) is 1. The molecule has 0 atom stereocenters. The molecule has 2 aromatic rings. The van der Waals surface area contributed by atoms with Crippen molar-refractivity contribution in [2.75, 3.05) is 38.7 Å². The number of morpholine rings is 1. The van der Waals surface area contributed by atoms with Crippen molar-refractivity contribution >= 4 is 33.0 Å². The van der Waals surface area contributed by atoms with E-state index in [4.69, 9.17) is 9.47 Å². The summed E-state index contributed by atoms with van der Waals surface area (Å²) in [6.45, 7) is 5.17. The molecule has 3 rings (SSSR count). The monoisotopic (exact) mass is 410 g/mol. The topological polar surface area (TPSA) is 84.9 Å². The number of hydrogen-bond donors (Lipinski definition) is 1. The fourth-order valence-electron chi connectivity index (χ4n) is 2.93. The van der Waals surface area contributed by atoms with Crippen LogP contribution in [0.15, 0.2) is 29.2 Å². The molecule has 146 valence electrons. The largest absolute Gasteiger partial charge is 0.495 e. The summed E-state index contributed by atoms with van der Waals surface area (Å²) < 4.78 is 37.6. The first-order chi connectivity index (χ1) is 12.8. The summed E-state index contributed by atoms with van der Waals surface area (Å²) in [7, 11) is -2.19. The maximum absolute atomic E-state index is 12.9. The fraction of sp³-hybridized carbons (Fsp3) is 0.389. The molecule has 1 aromatic heterocycles. The van der Waals surface area contributed by atoms with Crippen molar-refractivity contribution in [2.24, 2.45) is 0 Å². The number of aryl methyl sites for hydroxylation is 2. The fourth-order valence-corrected chi connectivity index (χ4v) is 5.28. The Morgan fingerprint density at radius 1 is 1.22 bits per heavy atom. The number of methoxy groups -OCH3 is 1. The first-order valence-electron chi connectivity index (χ1n) is 8.47. The second-order valence-corrected chi connectivity index (χ2v) is 9.56. The zero-order chi connectivity index (χ0) is 19.6. The number of rotatable bonds is 5. The van der Waals surface area contributed by atoms with Crippen molar-refractivity contribution in [1.29, 1.82) is 0 Å². The maximum Gasteiger partial charge on any atom is 0.256 e. The number of benzene rings is 1. The number of anilines is 1. The standard InChI is InChI=1S/C18H22N2O5S2/c1-12-10-15(13(2)26-12)18(21)19-16-11-14(4-5-17(16)24-3)27(22,23)20-6-8-25-9-7-20/h4-5,10-11H,6-9H2,1-3H3,(H,19,21). The van der Waals surface area contributed by atoms with Gasteiger partial charge in [0.05, 0.1) is 36.5 Å². The zero-order valence-electron chi connectivity index (χ0n) is 15.4. The number of thiophene rings is 1. The van der Waals surface area contributed by atoms with Crippen LogP contribution in [0.4, 0.5) is 5.69 Å². The Balaban J connectivity index is 1.92. The molecule has 1 aliphatic rings. The van der Waals surface area contributed by atoms with Crippen LogP contribution in [0, 0.1) is 13.8 Å². The van der Waals surface area contributed by atoms with E-state index < -0.39 is 10.0 Å². The maximum atomic E-state index is 12.9. The van der Waals surface area contributed by atoms with Gasteiger partial charge in [-0.1, -0.05) is 0 Å². The predicted octanol–water partition coefficient (Wildman–Crippen LogP) is 2.65. The third-order valence-electron chi connectivity index (χ3n) is 4.31. The number of sulfonamides is 1. The second kappa shape index (κ2) is 7.97. The quantitative estimate of drug-likeness (QED) is 0.819. The average Bonchev–Trinajstić information content (AvgIpc) is 3.00. The van der Waals surface area contributed by atoms with Gasteiger partial charge in [-0.05, 0) is 38.1 Å². The van der Waals surface area contributed by atoms with Crippen LogP contribution in [-0.2, 0) is 14.8 Å². The van der Waals surface area contributed by atoms with Gasteiger partial charge in [-0.3, -0.25) is 4.79 Å². The summed E-state index contributed by atoms with van der Waals surface area (Å²) >= 11 is 1.54. The Morgan fingerprint density at radius 2 is 1.93 bits per heavy atom. The van der Waals surface area contributed by atoms with Gasteiger partial charge in [-0.2, -0.15) is 4.31 Å².